The van der Waals surface area contributed by atoms with Gasteiger partial charge in [0.25, 0.3) is 0 Å². The summed E-state index contributed by atoms with van der Waals surface area (Å²) in [6.07, 6.45) is -7.01. The van der Waals surface area contributed by atoms with E-state index in [9.17, 15) is 40.9 Å². The minimum Gasteiger partial charge on any atom is -0.657 e. The van der Waals surface area contributed by atoms with E-state index in [1.165, 1.54) is 0 Å². The average molecular weight is 1060 g/mol. The Morgan fingerprint density at radius 3 is 1.07 bits per heavy atom. The van der Waals surface area contributed by atoms with Crippen molar-refractivity contribution in [1.82, 2.24) is 19.9 Å². The van der Waals surface area contributed by atoms with Gasteiger partial charge in [-0.2, -0.15) is 0 Å². The number of aliphatic hydroxyl groups excluding tert-OH is 8. The second-order valence-electron chi connectivity index (χ2n) is 18.8. The summed E-state index contributed by atoms with van der Waals surface area (Å²) >= 11 is 0. The van der Waals surface area contributed by atoms with Crippen LogP contribution in [-0.2, 0) is 26.5 Å². The summed E-state index contributed by atoms with van der Waals surface area (Å²) < 4.78 is 23.7. The van der Waals surface area contributed by atoms with Crippen LogP contribution in [0.15, 0.2) is 121 Å². The van der Waals surface area contributed by atoms with Crippen LogP contribution in [0.1, 0.15) is 33.9 Å². The van der Waals surface area contributed by atoms with Crippen LogP contribution >= 0.6 is 0 Å². The van der Waals surface area contributed by atoms with E-state index in [2.05, 4.69) is 12.1 Å². The number of hydrogen-bond acceptors (Lipinski definition) is 14. The zero-order chi connectivity index (χ0) is 51.4. The molecule has 4 aliphatic rings. The maximum absolute atomic E-state index is 10.9. The number of hydrogen-bond donors (Lipinski definition) is 8. The Labute approximate surface area is 441 Å². The number of rotatable bonds is 10. The van der Waals surface area contributed by atoms with Crippen LogP contribution in [-0.4, -0.2) is 125 Å². The van der Waals surface area contributed by atoms with Crippen molar-refractivity contribution < 1.29 is 76.9 Å². The number of nitrogens with zero attached hydrogens (tertiary/aromatic N) is 4. The maximum Gasteiger partial charge on any atom is 2.00 e. The molecule has 3 aromatic heterocycles. The summed E-state index contributed by atoms with van der Waals surface area (Å²) in [4.78, 5) is 21.4. The second kappa shape index (κ2) is 21.4. The molecule has 8 N–H and O–H groups in total. The van der Waals surface area contributed by atoms with Crippen molar-refractivity contribution in [3.05, 3.63) is 155 Å². The van der Waals surface area contributed by atoms with Gasteiger partial charge in [-0.3, -0.25) is 0 Å². The maximum atomic E-state index is 10.9. The first kappa shape index (κ1) is 51.7. The van der Waals surface area contributed by atoms with Crippen molar-refractivity contribution in [2.45, 2.75) is 75.3 Å². The fourth-order valence-electron chi connectivity index (χ4n) is 9.92. The minimum absolute atomic E-state index is 0. The van der Waals surface area contributed by atoms with Crippen LogP contribution in [0.5, 0.6) is 11.5 Å². The predicted octanol–water partition coefficient (Wildman–Crippen LogP) is 5.55. The van der Waals surface area contributed by atoms with Gasteiger partial charge in [-0.1, -0.05) is 108 Å². The Balaban J connectivity index is 0.00000641. The zero-order valence-corrected chi connectivity index (χ0v) is 41.3. The van der Waals surface area contributed by atoms with Crippen molar-refractivity contribution in [2.24, 2.45) is 0 Å². The molecule has 0 spiro atoms. The van der Waals surface area contributed by atoms with E-state index in [4.69, 9.17) is 38.9 Å². The number of fused-ring (bicyclic) bond motifs is 8. The fourth-order valence-corrected chi connectivity index (χ4v) is 9.92. The summed E-state index contributed by atoms with van der Waals surface area (Å²) in [5.74, 6) is 0.535. The van der Waals surface area contributed by atoms with Gasteiger partial charge in [-0.15, -0.1) is 22.1 Å². The molecule has 2 saturated heterocycles. The average Bonchev–Trinajstić information content (AvgIpc) is 4.27. The minimum atomic E-state index is -1.63. The summed E-state index contributed by atoms with van der Waals surface area (Å²) in [6, 6.07) is 38.1. The van der Waals surface area contributed by atoms with Crippen LogP contribution < -0.4 is 19.4 Å². The normalized spacial score (nSPS) is 24.2. The first-order valence-electron chi connectivity index (χ1n) is 24.2. The van der Waals surface area contributed by atoms with Crippen molar-refractivity contribution in [1.29, 1.82) is 0 Å². The van der Waals surface area contributed by atoms with Gasteiger partial charge in [0.15, 0.2) is 0 Å². The monoisotopic (exact) mass is 1060 g/mol. The summed E-state index contributed by atoms with van der Waals surface area (Å²) in [5.41, 5.74) is 12.7. The van der Waals surface area contributed by atoms with Crippen molar-refractivity contribution in [3.63, 3.8) is 0 Å². The molecule has 387 valence electrons. The Morgan fingerprint density at radius 2 is 0.747 bits per heavy atom. The van der Waals surface area contributed by atoms with E-state index >= 15 is 0 Å². The molecule has 16 nitrogen and oxygen atoms in total. The van der Waals surface area contributed by atoms with Crippen LogP contribution in [0.25, 0.3) is 90.9 Å². The standard InChI is InChI=1S/C58H52N4O12.Cu/c1-29-7-3-9-31(23-29)47-37-15-19-41(59-37)49(33-11-5-13-35(25-33)71-57-55(69)53(67)51(65)45(27-63)73-57)43-21-17-39(61-43)48(32-10-4-8-30(2)24-32)40-18-22-44(62-40)50(42-20-16-38(47)60-42)34-12-6-14-36(26-34)72-58-56(70)54(68)52(66)46(28-64)74-58;/h3-26,45-46,51-58,63-70H,27-28H2,1-2H3;/q-2;+2. The van der Waals surface area contributed by atoms with E-state index in [0.29, 0.717) is 67.1 Å². The Morgan fingerprint density at radius 1 is 0.427 bits per heavy atom. The van der Waals surface area contributed by atoms with E-state index in [0.717, 1.165) is 33.4 Å². The molecule has 10 atom stereocenters. The van der Waals surface area contributed by atoms with Gasteiger partial charge in [0, 0.05) is 0 Å². The van der Waals surface area contributed by atoms with Crippen molar-refractivity contribution in [3.8, 4) is 56.0 Å². The molecule has 75 heavy (non-hydrogen) atoms. The van der Waals surface area contributed by atoms with Crippen LogP contribution in [0.4, 0.5) is 0 Å². The molecule has 2 fully saturated rings. The third-order valence-corrected chi connectivity index (χ3v) is 13.7. The van der Waals surface area contributed by atoms with Gasteiger partial charge in [0.1, 0.15) is 60.3 Å². The topological polar surface area (TPSA) is 253 Å². The molecular weight excluding hydrogens is 1010 g/mol. The number of aliphatic hydroxyl groups is 8. The summed E-state index contributed by atoms with van der Waals surface area (Å²) in [5, 5.41) is 83.5. The zero-order valence-electron chi connectivity index (χ0n) is 40.3. The molecule has 11 rings (SSSR count). The molecule has 1 radical (unpaired) electrons. The smallest absolute Gasteiger partial charge is 0.657 e. The van der Waals surface area contributed by atoms with E-state index in [1.54, 1.807) is 36.4 Å². The van der Waals surface area contributed by atoms with E-state index in [1.807, 2.05) is 111 Å². The SMILES string of the molecule is Cc1cccc(-c2c3nc(c(-c4cccc(OC5OC(CO)C(O)C(O)C5O)c4)c4ccc([n-]4)c(-c4cccc(C)c4)c4nc(c(-c5cccc(OC6OC(CO)C(O)C(O)C6O)c5)c5ccc2[n-]5)C=C4)C=C3)c1.[Cu+2]. The summed E-state index contributed by atoms with van der Waals surface area (Å²) in [6.45, 7) is 2.82. The van der Waals surface area contributed by atoms with Gasteiger partial charge < -0.3 is 69.8 Å². The number of ether oxygens (including phenoxy) is 4. The van der Waals surface area contributed by atoms with Gasteiger partial charge in [-0.05, 0) is 107 Å². The Kier molecular flexibility index (Phi) is 14.8. The Hall–Kier alpha value is -6.80. The van der Waals surface area contributed by atoms with E-state index < -0.39 is 74.6 Å². The first-order valence-corrected chi connectivity index (χ1v) is 24.2. The number of aryl methyl sites for hydroxylation is 2. The molecular formula is C58H52CuN4O12. The number of aromatic nitrogens is 4. The molecule has 0 saturated carbocycles. The van der Waals surface area contributed by atoms with Crippen molar-refractivity contribution >= 4 is 46.4 Å². The van der Waals surface area contributed by atoms with Gasteiger partial charge in [0.05, 0.1) is 36.0 Å². The van der Waals surface area contributed by atoms with Crippen LogP contribution in [0.2, 0.25) is 0 Å². The van der Waals surface area contributed by atoms with Crippen LogP contribution in [0, 0.1) is 13.8 Å². The molecule has 7 heterocycles. The summed E-state index contributed by atoms with van der Waals surface area (Å²) in [7, 11) is 0. The molecule has 0 aliphatic carbocycles. The molecule has 8 bridgehead atoms. The Bertz CT molecular complexity index is 3270. The molecule has 7 aromatic rings. The quantitative estimate of drug-likeness (QED) is 0.0782. The molecule has 4 aromatic carbocycles. The third kappa shape index (κ3) is 9.98. The molecule has 17 heteroatoms. The molecule has 0 amide bonds. The van der Waals surface area contributed by atoms with Gasteiger partial charge in [-0.25, -0.2) is 9.97 Å². The number of benzene rings is 4. The largest absolute Gasteiger partial charge is 2.00 e. The van der Waals surface area contributed by atoms with Gasteiger partial charge >= 0.3 is 17.1 Å². The first-order chi connectivity index (χ1) is 35.8. The molecule has 4 aliphatic heterocycles. The predicted molar refractivity (Wildman–Crippen MR) is 277 cm³/mol. The fraction of sp³-hybridized carbons (Fsp3) is 0.241. The van der Waals surface area contributed by atoms with Gasteiger partial charge in [0.2, 0.25) is 12.6 Å². The van der Waals surface area contributed by atoms with Crippen LogP contribution in [0.3, 0.4) is 0 Å². The van der Waals surface area contributed by atoms with Crippen molar-refractivity contribution in [2.75, 3.05) is 13.2 Å². The third-order valence-electron chi connectivity index (χ3n) is 13.7. The van der Waals surface area contributed by atoms with E-state index in [-0.39, 0.29) is 28.6 Å². The molecule has 10 unspecified atom stereocenters. The second-order valence-corrected chi connectivity index (χ2v) is 18.8.